The first-order chi connectivity index (χ1) is 17.2. The Labute approximate surface area is 209 Å². The zero-order valence-electron chi connectivity index (χ0n) is 18.9. The third-order valence-corrected chi connectivity index (χ3v) is 6.95. The topological polar surface area (TPSA) is 154 Å². The predicted octanol–water partition coefficient (Wildman–Crippen LogP) is -1.02. The van der Waals surface area contributed by atoms with Crippen LogP contribution in [0.25, 0.3) is 0 Å². The van der Waals surface area contributed by atoms with Gasteiger partial charge in [-0.2, -0.15) is 8.75 Å². The quantitative estimate of drug-likeness (QED) is 0.426. The van der Waals surface area contributed by atoms with Crippen LogP contribution in [0.2, 0.25) is 0 Å². The van der Waals surface area contributed by atoms with Gasteiger partial charge in [-0.1, -0.05) is 0 Å². The Balaban J connectivity index is 1.15. The number of hydrogen-bond acceptors (Lipinski definition) is 16. The van der Waals surface area contributed by atoms with E-state index >= 15 is 0 Å². The van der Waals surface area contributed by atoms with Gasteiger partial charge in [-0.25, -0.2) is 0 Å². The van der Waals surface area contributed by atoms with Crippen LogP contribution >= 0.6 is 23.5 Å². The summed E-state index contributed by atoms with van der Waals surface area (Å²) < 4.78 is 50.7. The average Bonchev–Trinajstić information content (AvgIpc) is 3.55. The molecule has 0 saturated carbocycles. The third kappa shape index (κ3) is 5.91. The van der Waals surface area contributed by atoms with Gasteiger partial charge in [-0.3, -0.25) is 0 Å². The molecule has 2 aromatic heterocycles. The highest BCUT2D eigenvalue weighted by molar-refractivity contribution is 6.99. The second-order valence-corrected chi connectivity index (χ2v) is 9.17. The van der Waals surface area contributed by atoms with E-state index in [1.54, 1.807) is 0 Å². The van der Waals surface area contributed by atoms with Crippen LogP contribution in [-0.2, 0) is 18.9 Å². The predicted molar refractivity (Wildman–Crippen MR) is 123 cm³/mol. The standard InChI is InChI=1S/C19H28N6O8S2/c26-14-12(9-30-18-16(20-34-22-18)24-1-5-28-6-2-24)32-11-33-13(15(14)27)10-31-19-17(21-35-23-19)25-3-7-29-8-4-25/h12-15,26-27H,1-11H2/t12-,13-,14-,15+/m0/s1. The molecular formula is C19H28N6O8S2. The van der Waals surface area contributed by atoms with E-state index in [4.69, 9.17) is 28.4 Å². The van der Waals surface area contributed by atoms with Crippen molar-refractivity contribution in [3.63, 3.8) is 0 Å². The molecule has 3 aliphatic heterocycles. The van der Waals surface area contributed by atoms with Gasteiger partial charge in [-0.05, 0) is 0 Å². The van der Waals surface area contributed by atoms with Gasteiger partial charge in [0.05, 0.1) is 49.9 Å². The fourth-order valence-electron chi connectivity index (χ4n) is 3.94. The second kappa shape index (κ2) is 11.9. The van der Waals surface area contributed by atoms with Gasteiger partial charge in [0.2, 0.25) is 11.6 Å². The summed E-state index contributed by atoms with van der Waals surface area (Å²) in [4.78, 5) is 4.08. The van der Waals surface area contributed by atoms with Crippen LogP contribution in [0.3, 0.4) is 0 Å². The van der Waals surface area contributed by atoms with Gasteiger partial charge in [0.1, 0.15) is 44.4 Å². The lowest BCUT2D eigenvalue weighted by atomic mass is 10.0. The summed E-state index contributed by atoms with van der Waals surface area (Å²) >= 11 is 2.09. The molecule has 0 amide bonds. The van der Waals surface area contributed by atoms with E-state index in [0.29, 0.717) is 76.0 Å². The van der Waals surface area contributed by atoms with Crippen LogP contribution in [0.1, 0.15) is 0 Å². The molecule has 0 bridgehead atoms. The van der Waals surface area contributed by atoms with Gasteiger partial charge in [0.15, 0.2) is 0 Å². The molecule has 4 atom stereocenters. The SMILES string of the molecule is O[C@@H]1[C@H](O)[C@H](COc2nsnc2N2CCOCC2)OCO[C@H]1COc1nsnc1N1CCOCC1. The maximum atomic E-state index is 10.8. The van der Waals surface area contributed by atoms with E-state index in [0.717, 1.165) is 23.5 Å². The Morgan fingerprint density at radius 1 is 0.714 bits per heavy atom. The fraction of sp³-hybridized carbons (Fsp3) is 0.789. The molecule has 2 N–H and O–H groups in total. The molecule has 0 spiro atoms. The number of aliphatic hydroxyl groups is 2. The molecule has 0 aliphatic carbocycles. The van der Waals surface area contributed by atoms with Crippen molar-refractivity contribution in [3.8, 4) is 11.8 Å². The van der Waals surface area contributed by atoms with Crippen molar-refractivity contribution < 1.29 is 38.6 Å². The highest BCUT2D eigenvalue weighted by atomic mass is 32.1. The zero-order valence-corrected chi connectivity index (χ0v) is 20.6. The maximum Gasteiger partial charge on any atom is 0.270 e. The highest BCUT2D eigenvalue weighted by Crippen LogP contribution is 2.29. The highest BCUT2D eigenvalue weighted by Gasteiger charge is 2.38. The lowest BCUT2D eigenvalue weighted by Gasteiger charge is -2.28. The number of aromatic nitrogens is 4. The largest absolute Gasteiger partial charge is 0.472 e. The molecule has 35 heavy (non-hydrogen) atoms. The third-order valence-electron chi connectivity index (χ3n) is 5.95. The lowest BCUT2D eigenvalue weighted by molar-refractivity contribution is -0.119. The van der Waals surface area contributed by atoms with Crippen molar-refractivity contribution in [2.45, 2.75) is 24.4 Å². The monoisotopic (exact) mass is 532 g/mol. The van der Waals surface area contributed by atoms with Crippen molar-refractivity contribution in [3.05, 3.63) is 0 Å². The van der Waals surface area contributed by atoms with Crippen molar-refractivity contribution >= 4 is 35.1 Å². The number of morpholine rings is 2. The molecule has 3 saturated heterocycles. The number of nitrogens with zero attached hydrogens (tertiary/aromatic N) is 6. The number of rotatable bonds is 8. The van der Waals surface area contributed by atoms with Gasteiger partial charge < -0.3 is 48.4 Å². The van der Waals surface area contributed by atoms with Crippen molar-refractivity contribution in [1.29, 1.82) is 0 Å². The van der Waals surface area contributed by atoms with Crippen LogP contribution in [0.15, 0.2) is 0 Å². The molecule has 14 nitrogen and oxygen atoms in total. The van der Waals surface area contributed by atoms with Crippen LogP contribution in [0.4, 0.5) is 11.6 Å². The second-order valence-electron chi connectivity index (χ2n) is 8.12. The van der Waals surface area contributed by atoms with Gasteiger partial charge in [0.25, 0.3) is 11.8 Å². The molecule has 0 unspecified atom stereocenters. The minimum atomic E-state index is -1.27. The van der Waals surface area contributed by atoms with Crippen LogP contribution in [0, 0.1) is 0 Å². The summed E-state index contributed by atoms with van der Waals surface area (Å²) in [6, 6.07) is 0. The van der Waals surface area contributed by atoms with Crippen LogP contribution < -0.4 is 19.3 Å². The summed E-state index contributed by atoms with van der Waals surface area (Å²) in [6.07, 6.45) is -4.20. The Bertz CT molecular complexity index is 853. The van der Waals surface area contributed by atoms with E-state index in [2.05, 4.69) is 17.5 Å². The van der Waals surface area contributed by atoms with E-state index < -0.39 is 24.4 Å². The molecule has 3 aliphatic rings. The number of aliphatic hydroxyl groups excluding tert-OH is 2. The Kier molecular flexibility index (Phi) is 8.40. The smallest absolute Gasteiger partial charge is 0.270 e. The van der Waals surface area contributed by atoms with Crippen molar-refractivity contribution in [2.24, 2.45) is 0 Å². The van der Waals surface area contributed by atoms with Crippen molar-refractivity contribution in [1.82, 2.24) is 17.5 Å². The number of hydrogen-bond donors (Lipinski definition) is 2. The average molecular weight is 533 g/mol. The Morgan fingerprint density at radius 2 is 1.14 bits per heavy atom. The molecule has 0 aromatic carbocycles. The van der Waals surface area contributed by atoms with E-state index in [9.17, 15) is 10.2 Å². The molecule has 0 radical (unpaired) electrons. The first-order valence-corrected chi connectivity index (χ1v) is 12.8. The summed E-state index contributed by atoms with van der Waals surface area (Å²) in [5, 5.41) is 21.5. The molecule has 2 aromatic rings. The molecule has 5 rings (SSSR count). The molecule has 194 valence electrons. The van der Waals surface area contributed by atoms with E-state index in [-0.39, 0.29) is 20.0 Å². The molecule has 5 heterocycles. The van der Waals surface area contributed by atoms with E-state index in [1.807, 2.05) is 9.80 Å². The van der Waals surface area contributed by atoms with Gasteiger partial charge >= 0.3 is 0 Å². The lowest BCUT2D eigenvalue weighted by Crippen LogP contribution is -2.47. The summed E-state index contributed by atoms with van der Waals surface area (Å²) in [6.45, 7) is 5.01. The zero-order chi connectivity index (χ0) is 24.0. The molecular weight excluding hydrogens is 504 g/mol. The first-order valence-electron chi connectivity index (χ1n) is 11.4. The summed E-state index contributed by atoms with van der Waals surface area (Å²) in [5.74, 6) is 1.99. The fourth-order valence-corrected chi connectivity index (χ4v) is 4.98. The number of ether oxygens (including phenoxy) is 6. The maximum absolute atomic E-state index is 10.8. The minimum absolute atomic E-state index is 0.0326. The summed E-state index contributed by atoms with van der Waals surface area (Å²) in [5.41, 5.74) is 0. The Hall–Kier alpha value is -1.92. The first kappa shape index (κ1) is 24.8. The minimum Gasteiger partial charge on any atom is -0.472 e. The number of anilines is 2. The van der Waals surface area contributed by atoms with Gasteiger partial charge in [-0.15, -0.1) is 8.75 Å². The van der Waals surface area contributed by atoms with Crippen molar-refractivity contribution in [2.75, 3.05) is 82.4 Å². The van der Waals surface area contributed by atoms with E-state index in [1.165, 1.54) is 0 Å². The van der Waals surface area contributed by atoms with Crippen LogP contribution in [-0.4, -0.2) is 125 Å². The molecule has 16 heteroatoms. The van der Waals surface area contributed by atoms with Gasteiger partial charge in [0, 0.05) is 26.2 Å². The van der Waals surface area contributed by atoms with Crippen LogP contribution in [0.5, 0.6) is 11.8 Å². The summed E-state index contributed by atoms with van der Waals surface area (Å²) in [7, 11) is 0. The molecule has 3 fully saturated rings. The normalized spacial score (nSPS) is 28.1. The Morgan fingerprint density at radius 3 is 1.57 bits per heavy atom.